The molecule has 4 rings (SSSR count). The maximum Gasteiger partial charge on any atom is 0.311 e. The van der Waals surface area contributed by atoms with Crippen LogP contribution in [0.25, 0.3) is 0 Å². The van der Waals surface area contributed by atoms with Crippen molar-refractivity contribution in [1.29, 1.82) is 0 Å². The van der Waals surface area contributed by atoms with Crippen LogP contribution in [-0.4, -0.2) is 45.4 Å². The summed E-state index contributed by atoms with van der Waals surface area (Å²) in [6, 6.07) is 13.9. The summed E-state index contributed by atoms with van der Waals surface area (Å²) in [6.45, 7) is 0.820. The van der Waals surface area contributed by atoms with Crippen LogP contribution in [0.3, 0.4) is 0 Å². The molecular weight excluding hydrogens is 427 g/mol. The lowest BCUT2D eigenvalue weighted by Gasteiger charge is -2.37. The van der Waals surface area contributed by atoms with E-state index in [1.54, 1.807) is 30.6 Å². The fraction of sp³-hybridized carbons (Fsp3) is 0.304. The molecule has 172 valence electrons. The highest BCUT2D eigenvalue weighted by Crippen LogP contribution is 2.31. The van der Waals surface area contributed by atoms with Crippen molar-refractivity contribution in [3.8, 4) is 0 Å². The Kier molecular flexibility index (Phi) is 6.64. The van der Waals surface area contributed by atoms with E-state index in [0.29, 0.717) is 37.4 Å². The van der Waals surface area contributed by atoms with E-state index in [1.807, 2.05) is 29.2 Å². The van der Waals surface area contributed by atoms with E-state index in [-0.39, 0.29) is 18.1 Å². The van der Waals surface area contributed by atoms with Gasteiger partial charge in [0.2, 0.25) is 5.82 Å². The van der Waals surface area contributed by atoms with Crippen LogP contribution in [0.5, 0.6) is 0 Å². The van der Waals surface area contributed by atoms with E-state index in [0.717, 1.165) is 11.3 Å². The zero-order chi connectivity index (χ0) is 23.3. The molecule has 1 saturated heterocycles. The molecule has 0 amide bonds. The third-order valence-electron chi connectivity index (χ3n) is 5.57. The molecule has 1 aliphatic heterocycles. The largest absolute Gasteiger partial charge is 0.393 e. The summed E-state index contributed by atoms with van der Waals surface area (Å²) < 4.78 is 14.5. The normalized spacial score (nSPS) is 18.1. The molecule has 33 heavy (non-hydrogen) atoms. The second-order valence-electron chi connectivity index (χ2n) is 8.04. The highest BCUT2D eigenvalue weighted by molar-refractivity contribution is 5.69. The smallest absolute Gasteiger partial charge is 0.311 e. The van der Waals surface area contributed by atoms with Gasteiger partial charge in [-0.15, -0.1) is 0 Å². The number of nitrogens with zero attached hydrogens (tertiary/aromatic N) is 4. The molecule has 0 radical (unpaired) electrons. The quantitative estimate of drug-likeness (QED) is 0.346. The van der Waals surface area contributed by atoms with Crippen molar-refractivity contribution < 1.29 is 14.4 Å². The van der Waals surface area contributed by atoms with Gasteiger partial charge in [0.05, 0.1) is 18.1 Å². The Hall–Kier alpha value is -3.79. The van der Waals surface area contributed by atoms with Gasteiger partial charge in [0, 0.05) is 42.9 Å². The summed E-state index contributed by atoms with van der Waals surface area (Å²) in [5.74, 6) is 0.602. The number of nitro groups is 1. The van der Waals surface area contributed by atoms with Crippen LogP contribution in [0.2, 0.25) is 0 Å². The van der Waals surface area contributed by atoms with E-state index in [4.69, 9.17) is 0 Å². The molecule has 1 aliphatic rings. The lowest BCUT2D eigenvalue weighted by atomic mass is 9.95. The Morgan fingerprint density at radius 1 is 1.21 bits per heavy atom. The van der Waals surface area contributed by atoms with Crippen molar-refractivity contribution in [2.24, 2.45) is 0 Å². The van der Waals surface area contributed by atoms with Gasteiger partial charge in [-0.1, -0.05) is 6.07 Å². The number of rotatable bonds is 8. The van der Waals surface area contributed by atoms with Gasteiger partial charge in [0.1, 0.15) is 5.82 Å². The number of hydrogen-bond acceptors (Lipinski definition) is 8. The molecule has 1 aromatic carbocycles. The van der Waals surface area contributed by atoms with Crippen LogP contribution in [0, 0.1) is 10.1 Å². The predicted molar refractivity (Wildman–Crippen MR) is 125 cm³/mol. The van der Waals surface area contributed by atoms with Crippen LogP contribution >= 0.6 is 0 Å². The first-order valence-electron chi connectivity index (χ1n) is 10.7. The van der Waals surface area contributed by atoms with Crippen LogP contribution in [-0.2, 0) is 6.54 Å². The van der Waals surface area contributed by atoms with E-state index in [9.17, 15) is 19.6 Å². The molecule has 0 saturated carbocycles. The Bertz CT molecular complexity index is 1100. The fourth-order valence-electron chi connectivity index (χ4n) is 3.81. The van der Waals surface area contributed by atoms with Gasteiger partial charge >= 0.3 is 5.69 Å². The van der Waals surface area contributed by atoms with E-state index in [1.165, 1.54) is 6.07 Å². The zero-order valence-corrected chi connectivity index (χ0v) is 17.9. The lowest BCUT2D eigenvalue weighted by Crippen LogP contribution is -2.47. The Balaban J connectivity index is 1.48. The molecule has 0 aliphatic carbocycles. The zero-order valence-electron chi connectivity index (χ0n) is 17.9. The molecule has 1 atom stereocenters. The van der Waals surface area contributed by atoms with E-state index >= 15 is 0 Å². The molecular formula is C23H25FN6O3. The second-order valence-corrected chi connectivity index (χ2v) is 8.04. The van der Waals surface area contributed by atoms with Gasteiger partial charge < -0.3 is 20.6 Å². The van der Waals surface area contributed by atoms with Crippen molar-refractivity contribution in [3.05, 3.63) is 76.6 Å². The topological polar surface area (TPSA) is 116 Å². The van der Waals surface area contributed by atoms with Crippen LogP contribution < -0.4 is 15.5 Å². The van der Waals surface area contributed by atoms with Crippen molar-refractivity contribution >= 4 is 28.7 Å². The summed E-state index contributed by atoms with van der Waals surface area (Å²) in [5, 5.41) is 27.0. The number of halogens is 1. The van der Waals surface area contributed by atoms with Crippen LogP contribution in [0.1, 0.15) is 18.4 Å². The Labute approximate surface area is 190 Å². The third kappa shape index (κ3) is 5.53. The summed E-state index contributed by atoms with van der Waals surface area (Å²) in [7, 11) is 0. The highest BCUT2D eigenvalue weighted by Gasteiger charge is 2.34. The minimum absolute atomic E-state index is 0.116. The molecule has 9 nitrogen and oxygen atoms in total. The number of aromatic nitrogens is 2. The summed E-state index contributed by atoms with van der Waals surface area (Å²) >= 11 is 0. The Morgan fingerprint density at radius 3 is 2.73 bits per heavy atom. The van der Waals surface area contributed by atoms with Crippen molar-refractivity contribution in [2.45, 2.75) is 25.1 Å². The fourth-order valence-corrected chi connectivity index (χ4v) is 3.81. The highest BCUT2D eigenvalue weighted by atomic mass is 19.1. The van der Waals surface area contributed by atoms with Gasteiger partial charge in [-0.25, -0.2) is 9.37 Å². The average molecular weight is 452 g/mol. The van der Waals surface area contributed by atoms with Gasteiger partial charge in [0.25, 0.3) is 0 Å². The molecule has 3 N–H and O–H groups in total. The first kappa shape index (κ1) is 22.4. The number of anilines is 4. The number of piperidine rings is 1. The molecule has 3 aromatic rings. The predicted octanol–water partition coefficient (Wildman–Crippen LogP) is 4.04. The number of pyridine rings is 2. The standard InChI is InChI=1S/C23H25FN6O3/c24-23(16-31)10-2-12-29(15-23)19-6-4-18(5-7-19)27-22-20(30(32)33)8-9-21(28-22)26-14-17-3-1-11-25-13-17/h1,3-9,11,13,31H,2,10,12,14-16H2,(H2,26,27,28). The summed E-state index contributed by atoms with van der Waals surface area (Å²) in [6.07, 6.45) is 4.42. The molecule has 1 unspecified atom stereocenters. The van der Waals surface area contributed by atoms with Crippen LogP contribution in [0.4, 0.5) is 33.1 Å². The summed E-state index contributed by atoms with van der Waals surface area (Å²) in [5.41, 5.74) is 0.656. The maximum absolute atomic E-state index is 14.5. The van der Waals surface area contributed by atoms with Gasteiger partial charge in [-0.05, 0) is 54.8 Å². The molecule has 0 spiro atoms. The maximum atomic E-state index is 14.5. The van der Waals surface area contributed by atoms with Gasteiger partial charge in [0.15, 0.2) is 5.67 Å². The Morgan fingerprint density at radius 2 is 2.03 bits per heavy atom. The first-order chi connectivity index (χ1) is 16.0. The minimum atomic E-state index is -1.59. The van der Waals surface area contributed by atoms with Gasteiger partial charge in [-0.3, -0.25) is 15.1 Å². The molecule has 10 heteroatoms. The minimum Gasteiger partial charge on any atom is -0.393 e. The number of nitrogens with one attached hydrogen (secondary N) is 2. The van der Waals surface area contributed by atoms with Gasteiger partial charge in [-0.2, -0.15) is 0 Å². The molecule has 2 aromatic heterocycles. The summed E-state index contributed by atoms with van der Waals surface area (Å²) in [4.78, 5) is 21.3. The third-order valence-corrected chi connectivity index (χ3v) is 5.57. The lowest BCUT2D eigenvalue weighted by molar-refractivity contribution is -0.384. The molecule has 3 heterocycles. The molecule has 0 bridgehead atoms. The average Bonchev–Trinajstić information content (AvgIpc) is 2.84. The second kappa shape index (κ2) is 9.78. The van der Waals surface area contributed by atoms with Crippen molar-refractivity contribution in [1.82, 2.24) is 9.97 Å². The monoisotopic (exact) mass is 452 g/mol. The number of benzene rings is 1. The van der Waals surface area contributed by atoms with Crippen molar-refractivity contribution in [2.75, 3.05) is 35.2 Å². The number of hydrogen-bond donors (Lipinski definition) is 3. The van der Waals surface area contributed by atoms with E-state index < -0.39 is 17.2 Å². The first-order valence-corrected chi connectivity index (χ1v) is 10.7. The van der Waals surface area contributed by atoms with E-state index in [2.05, 4.69) is 20.6 Å². The SMILES string of the molecule is O=[N+]([O-])c1ccc(NCc2cccnc2)nc1Nc1ccc(N2CCCC(F)(CO)C2)cc1. The number of aliphatic hydroxyl groups is 1. The number of alkyl halides is 1. The van der Waals surface area contributed by atoms with Crippen LogP contribution in [0.15, 0.2) is 60.9 Å². The molecule has 1 fully saturated rings. The van der Waals surface area contributed by atoms with Crippen molar-refractivity contribution in [3.63, 3.8) is 0 Å². The number of aliphatic hydroxyl groups excluding tert-OH is 1.